The minimum absolute atomic E-state index is 0.0670. The van der Waals surface area contributed by atoms with Crippen molar-refractivity contribution in [3.63, 3.8) is 0 Å². The van der Waals surface area contributed by atoms with Gasteiger partial charge in [0.2, 0.25) is 5.91 Å². The van der Waals surface area contributed by atoms with E-state index in [4.69, 9.17) is 0 Å². The molecule has 2 nitrogen and oxygen atoms in total. The monoisotopic (exact) mass is 177 g/mol. The Bertz CT molecular complexity index is 290. The molecule has 0 spiro atoms. The highest BCUT2D eigenvalue weighted by Gasteiger charge is 2.43. The first-order valence-corrected chi connectivity index (χ1v) is 4.80. The van der Waals surface area contributed by atoms with Gasteiger partial charge < -0.3 is 4.90 Å². The van der Waals surface area contributed by atoms with E-state index in [1.165, 1.54) is 0 Å². The molecule has 1 amide bonds. The fourth-order valence-corrected chi connectivity index (χ4v) is 2.25. The van der Waals surface area contributed by atoms with Crippen LogP contribution in [0.1, 0.15) is 20.3 Å². The molecule has 0 aromatic heterocycles. The number of likely N-dealkylation sites (tertiary alicyclic amines) is 1. The summed E-state index contributed by atoms with van der Waals surface area (Å²) in [5.74, 6) is 0.326. The van der Waals surface area contributed by atoms with Crippen LogP contribution in [-0.2, 0) is 4.79 Å². The molecular weight excluding hydrogens is 162 g/mol. The fraction of sp³-hybridized carbons (Fsp3) is 0.545. The first-order valence-electron chi connectivity index (χ1n) is 4.80. The molecule has 1 aliphatic heterocycles. The number of carbonyl (C=O) groups excluding carboxylic acids is 1. The van der Waals surface area contributed by atoms with Gasteiger partial charge in [0, 0.05) is 6.04 Å². The average Bonchev–Trinajstić information content (AvgIpc) is 2.24. The van der Waals surface area contributed by atoms with Gasteiger partial charge in [-0.15, -0.1) is 0 Å². The quantitative estimate of drug-likeness (QED) is 0.559. The number of nitrogens with zero attached hydrogens (tertiary/aromatic N) is 1. The molecule has 1 fully saturated rings. The summed E-state index contributed by atoms with van der Waals surface area (Å²) in [6, 6.07) is 0.452. The minimum atomic E-state index is 0.0670. The molecule has 70 valence electrons. The molecule has 0 unspecified atom stereocenters. The Kier molecular flexibility index (Phi) is 1.79. The first-order chi connectivity index (χ1) is 6.13. The third-order valence-corrected chi connectivity index (χ3v) is 2.93. The molecule has 2 heteroatoms. The normalized spacial score (nSPS) is 32.1. The van der Waals surface area contributed by atoms with E-state index in [2.05, 4.69) is 32.6 Å². The lowest BCUT2D eigenvalue weighted by Gasteiger charge is -2.26. The van der Waals surface area contributed by atoms with Crippen molar-refractivity contribution >= 4 is 5.91 Å². The van der Waals surface area contributed by atoms with Crippen LogP contribution in [0.5, 0.6) is 0 Å². The Labute approximate surface area is 78.9 Å². The summed E-state index contributed by atoms with van der Waals surface area (Å²) in [5.41, 5.74) is 1.08. The Morgan fingerprint density at radius 3 is 2.85 bits per heavy atom. The van der Waals surface area contributed by atoms with Crippen LogP contribution in [0.4, 0.5) is 0 Å². The summed E-state index contributed by atoms with van der Waals surface area (Å²) in [5, 5.41) is 0. The van der Waals surface area contributed by atoms with E-state index in [1.54, 1.807) is 0 Å². The second-order valence-electron chi connectivity index (χ2n) is 4.08. The second kappa shape index (κ2) is 2.72. The van der Waals surface area contributed by atoms with E-state index in [0.29, 0.717) is 0 Å². The number of fused-ring (bicyclic) bond motifs is 2. The second-order valence-corrected chi connectivity index (χ2v) is 4.08. The maximum Gasteiger partial charge on any atom is 0.231 e. The number of hydrogen-bond donors (Lipinski definition) is 0. The molecule has 13 heavy (non-hydrogen) atoms. The predicted molar refractivity (Wildman–Crippen MR) is 52.2 cm³/mol. The van der Waals surface area contributed by atoms with Crippen molar-refractivity contribution in [2.24, 2.45) is 5.92 Å². The van der Waals surface area contributed by atoms with Crippen LogP contribution >= 0.6 is 0 Å². The molecule has 1 heterocycles. The average molecular weight is 177 g/mol. The van der Waals surface area contributed by atoms with Crippen molar-refractivity contribution < 1.29 is 4.79 Å². The molecule has 0 aromatic carbocycles. The first kappa shape index (κ1) is 8.54. The molecule has 2 atom stereocenters. The summed E-state index contributed by atoms with van der Waals surface area (Å²) in [4.78, 5) is 13.8. The topological polar surface area (TPSA) is 20.3 Å². The zero-order valence-corrected chi connectivity index (χ0v) is 8.16. The SMILES string of the molecule is C=C1[C@@H]2CC=C[C@H]1N(C(C)C)C2=O. The molecule has 2 bridgehead atoms. The molecule has 0 radical (unpaired) electrons. The van der Waals surface area contributed by atoms with E-state index in [0.717, 1.165) is 12.0 Å². The van der Waals surface area contributed by atoms with Crippen molar-refractivity contribution in [3.8, 4) is 0 Å². The van der Waals surface area contributed by atoms with Crippen LogP contribution in [0, 0.1) is 5.92 Å². The van der Waals surface area contributed by atoms with Gasteiger partial charge in [-0.1, -0.05) is 18.7 Å². The van der Waals surface area contributed by atoms with Gasteiger partial charge in [0.05, 0.1) is 12.0 Å². The lowest BCUT2D eigenvalue weighted by Crippen LogP contribution is -2.38. The molecule has 0 N–H and O–H groups in total. The highest BCUT2D eigenvalue weighted by atomic mass is 16.2. The Balaban J connectivity index is 2.38. The smallest absolute Gasteiger partial charge is 0.231 e. The molecule has 2 rings (SSSR count). The third kappa shape index (κ3) is 1.05. The largest absolute Gasteiger partial charge is 0.330 e. The standard InChI is InChI=1S/C11H15NO/c1-7(2)12-10-6-4-5-9(8(10)3)11(12)13/h4,6-7,9-10H,3,5H2,1-2H3/t9-,10+/m0/s1. The fourth-order valence-electron chi connectivity index (χ4n) is 2.25. The number of rotatable bonds is 1. The van der Waals surface area contributed by atoms with Crippen molar-refractivity contribution in [2.75, 3.05) is 0 Å². The third-order valence-electron chi connectivity index (χ3n) is 2.93. The van der Waals surface area contributed by atoms with Crippen molar-refractivity contribution in [2.45, 2.75) is 32.4 Å². The molecule has 1 aliphatic carbocycles. The van der Waals surface area contributed by atoms with Crippen LogP contribution in [0.25, 0.3) is 0 Å². The van der Waals surface area contributed by atoms with Gasteiger partial charge in [0.15, 0.2) is 0 Å². The van der Waals surface area contributed by atoms with Gasteiger partial charge in [-0.05, 0) is 25.8 Å². The summed E-state index contributed by atoms with van der Waals surface area (Å²) >= 11 is 0. The summed E-state index contributed by atoms with van der Waals surface area (Å²) in [6.07, 6.45) is 5.05. The maximum atomic E-state index is 11.9. The lowest BCUT2D eigenvalue weighted by atomic mass is 9.91. The number of carbonyl (C=O) groups is 1. The summed E-state index contributed by atoms with van der Waals surface area (Å²) < 4.78 is 0. The van der Waals surface area contributed by atoms with E-state index in [1.807, 2.05) is 4.90 Å². The highest BCUT2D eigenvalue weighted by molar-refractivity contribution is 5.87. The van der Waals surface area contributed by atoms with E-state index in [9.17, 15) is 4.79 Å². The van der Waals surface area contributed by atoms with E-state index >= 15 is 0 Å². The number of allylic oxidation sites excluding steroid dienone is 1. The summed E-state index contributed by atoms with van der Waals surface area (Å²) in [6.45, 7) is 8.12. The zero-order valence-electron chi connectivity index (χ0n) is 8.16. The van der Waals surface area contributed by atoms with Gasteiger partial charge in [-0.2, -0.15) is 0 Å². The van der Waals surface area contributed by atoms with Crippen LogP contribution in [0.2, 0.25) is 0 Å². The van der Waals surface area contributed by atoms with Gasteiger partial charge in [0.1, 0.15) is 0 Å². The molecule has 0 aromatic rings. The van der Waals surface area contributed by atoms with Crippen LogP contribution < -0.4 is 0 Å². The predicted octanol–water partition coefficient (Wildman–Crippen LogP) is 1.74. The Morgan fingerprint density at radius 1 is 1.62 bits per heavy atom. The Morgan fingerprint density at radius 2 is 2.31 bits per heavy atom. The van der Waals surface area contributed by atoms with Gasteiger partial charge in [-0.3, -0.25) is 4.79 Å². The minimum Gasteiger partial charge on any atom is -0.330 e. The van der Waals surface area contributed by atoms with Crippen LogP contribution in [0.3, 0.4) is 0 Å². The van der Waals surface area contributed by atoms with E-state index < -0.39 is 0 Å². The van der Waals surface area contributed by atoms with E-state index in [-0.39, 0.29) is 23.9 Å². The van der Waals surface area contributed by atoms with Gasteiger partial charge in [-0.25, -0.2) is 0 Å². The molecule has 1 saturated heterocycles. The van der Waals surface area contributed by atoms with Crippen molar-refractivity contribution in [3.05, 3.63) is 24.3 Å². The Hall–Kier alpha value is -1.05. The van der Waals surface area contributed by atoms with Crippen LogP contribution in [0.15, 0.2) is 24.3 Å². The van der Waals surface area contributed by atoms with Gasteiger partial charge in [0.25, 0.3) is 0 Å². The lowest BCUT2D eigenvalue weighted by molar-refractivity contribution is -0.132. The van der Waals surface area contributed by atoms with Crippen molar-refractivity contribution in [1.29, 1.82) is 0 Å². The molecule has 2 aliphatic rings. The zero-order chi connectivity index (χ0) is 9.59. The summed E-state index contributed by atoms with van der Waals surface area (Å²) in [7, 11) is 0. The maximum absolute atomic E-state index is 11.9. The molecular formula is C11H15NO. The van der Waals surface area contributed by atoms with Crippen molar-refractivity contribution in [1.82, 2.24) is 4.90 Å². The molecule has 0 saturated carbocycles. The number of amides is 1. The van der Waals surface area contributed by atoms with Gasteiger partial charge >= 0.3 is 0 Å². The number of hydrogen-bond acceptors (Lipinski definition) is 1. The highest BCUT2D eigenvalue weighted by Crippen LogP contribution is 2.37. The van der Waals surface area contributed by atoms with Crippen LogP contribution in [-0.4, -0.2) is 22.9 Å².